The van der Waals surface area contributed by atoms with Crippen LogP contribution in [0.1, 0.15) is 18.1 Å². The number of halogens is 1. The molecule has 3 N–H and O–H groups in total. The summed E-state index contributed by atoms with van der Waals surface area (Å²) in [5.41, 5.74) is 6.76. The number of aliphatic hydroxyl groups is 1. The predicted molar refractivity (Wildman–Crippen MR) is 76.3 cm³/mol. The van der Waals surface area contributed by atoms with Crippen molar-refractivity contribution < 1.29 is 19.0 Å². The topological polar surface area (TPSA) is 68.0 Å². The number of hydrogen-bond donors (Lipinski definition) is 2. The standard InChI is InChI=1S/C15H21FN2O3/c16-11-3-4-18(8-11)9-12(17)15(19)10-1-2-13-14(7-10)21-6-5-20-13/h1-2,7,11-12,15,19H,3-6,8-9,17H2/t11-,12+,15+/m0/s1. The fourth-order valence-electron chi connectivity index (χ4n) is 2.84. The first-order valence-corrected chi connectivity index (χ1v) is 7.33. The van der Waals surface area contributed by atoms with E-state index < -0.39 is 18.3 Å². The number of benzene rings is 1. The first-order chi connectivity index (χ1) is 10.1. The first kappa shape index (κ1) is 14.6. The average molecular weight is 296 g/mol. The van der Waals surface area contributed by atoms with Crippen molar-refractivity contribution in [3.05, 3.63) is 23.8 Å². The first-order valence-electron chi connectivity index (χ1n) is 7.33. The predicted octanol–water partition coefficient (Wildman–Crippen LogP) is 0.862. The van der Waals surface area contributed by atoms with Gasteiger partial charge < -0.3 is 20.3 Å². The summed E-state index contributed by atoms with van der Waals surface area (Å²) in [6, 6.07) is 4.88. The van der Waals surface area contributed by atoms with Crippen molar-refractivity contribution in [2.75, 3.05) is 32.8 Å². The van der Waals surface area contributed by atoms with E-state index >= 15 is 0 Å². The van der Waals surface area contributed by atoms with E-state index in [9.17, 15) is 9.50 Å². The quantitative estimate of drug-likeness (QED) is 0.862. The number of likely N-dealkylation sites (tertiary alicyclic amines) is 1. The van der Waals surface area contributed by atoms with Gasteiger partial charge in [0.1, 0.15) is 19.4 Å². The lowest BCUT2D eigenvalue weighted by Crippen LogP contribution is -2.40. The zero-order chi connectivity index (χ0) is 14.8. The summed E-state index contributed by atoms with van der Waals surface area (Å²) in [7, 11) is 0. The van der Waals surface area contributed by atoms with Crippen LogP contribution in [0.2, 0.25) is 0 Å². The highest BCUT2D eigenvalue weighted by Gasteiger charge is 2.27. The van der Waals surface area contributed by atoms with Gasteiger partial charge in [0.15, 0.2) is 11.5 Å². The van der Waals surface area contributed by atoms with Crippen LogP contribution in [0.15, 0.2) is 18.2 Å². The van der Waals surface area contributed by atoms with Gasteiger partial charge in [-0.25, -0.2) is 4.39 Å². The molecule has 0 saturated carbocycles. The van der Waals surface area contributed by atoms with Crippen LogP contribution in [0.3, 0.4) is 0 Å². The summed E-state index contributed by atoms with van der Waals surface area (Å²) in [6.07, 6.45) is -1.03. The van der Waals surface area contributed by atoms with Gasteiger partial charge in [-0.15, -0.1) is 0 Å². The molecule has 3 atom stereocenters. The fraction of sp³-hybridized carbons (Fsp3) is 0.600. The highest BCUT2D eigenvalue weighted by atomic mass is 19.1. The highest BCUT2D eigenvalue weighted by molar-refractivity contribution is 5.44. The van der Waals surface area contributed by atoms with Gasteiger partial charge in [0, 0.05) is 25.7 Å². The van der Waals surface area contributed by atoms with Crippen LogP contribution in [0, 0.1) is 0 Å². The van der Waals surface area contributed by atoms with E-state index in [1.807, 2.05) is 4.90 Å². The van der Waals surface area contributed by atoms with E-state index in [-0.39, 0.29) is 0 Å². The highest BCUT2D eigenvalue weighted by Crippen LogP contribution is 2.33. The van der Waals surface area contributed by atoms with Crippen LogP contribution in [0.5, 0.6) is 11.5 Å². The summed E-state index contributed by atoms with van der Waals surface area (Å²) in [6.45, 7) is 2.62. The molecule has 0 spiro atoms. The summed E-state index contributed by atoms with van der Waals surface area (Å²) in [5, 5.41) is 10.4. The zero-order valence-corrected chi connectivity index (χ0v) is 11.9. The van der Waals surface area contributed by atoms with Crippen LogP contribution in [0.4, 0.5) is 4.39 Å². The molecule has 1 fully saturated rings. The number of nitrogens with zero attached hydrogens (tertiary/aromatic N) is 1. The van der Waals surface area contributed by atoms with E-state index in [1.54, 1.807) is 18.2 Å². The summed E-state index contributed by atoms with van der Waals surface area (Å²) < 4.78 is 24.1. The van der Waals surface area contributed by atoms with Gasteiger partial charge in [0.05, 0.1) is 6.10 Å². The van der Waals surface area contributed by atoms with Crippen molar-refractivity contribution >= 4 is 0 Å². The van der Waals surface area contributed by atoms with E-state index in [0.29, 0.717) is 56.3 Å². The van der Waals surface area contributed by atoms with Crippen LogP contribution in [-0.2, 0) is 0 Å². The molecule has 0 aliphatic carbocycles. The molecule has 1 aromatic rings. The SMILES string of the molecule is N[C@H](CN1CC[C@H](F)C1)[C@H](O)c1ccc2c(c1)OCCO2. The summed E-state index contributed by atoms with van der Waals surface area (Å²) in [4.78, 5) is 1.95. The number of fused-ring (bicyclic) bond motifs is 1. The molecule has 5 nitrogen and oxygen atoms in total. The molecule has 1 saturated heterocycles. The number of aliphatic hydroxyl groups excluding tert-OH is 1. The van der Waals surface area contributed by atoms with Gasteiger partial charge >= 0.3 is 0 Å². The van der Waals surface area contributed by atoms with Crippen LogP contribution >= 0.6 is 0 Å². The van der Waals surface area contributed by atoms with Crippen molar-refractivity contribution in [1.29, 1.82) is 0 Å². The Labute approximate surface area is 123 Å². The van der Waals surface area contributed by atoms with Crippen molar-refractivity contribution in [3.8, 4) is 11.5 Å². The molecule has 0 amide bonds. The van der Waals surface area contributed by atoms with Crippen LogP contribution in [0.25, 0.3) is 0 Å². The maximum Gasteiger partial charge on any atom is 0.161 e. The molecule has 2 aliphatic rings. The largest absolute Gasteiger partial charge is 0.486 e. The number of alkyl halides is 1. The molecule has 2 aliphatic heterocycles. The van der Waals surface area contributed by atoms with E-state index in [0.717, 1.165) is 0 Å². The molecule has 2 heterocycles. The molecule has 116 valence electrons. The molecule has 3 rings (SSSR count). The molecular weight excluding hydrogens is 275 g/mol. The third kappa shape index (κ3) is 3.28. The monoisotopic (exact) mass is 296 g/mol. The second kappa shape index (κ2) is 6.17. The van der Waals surface area contributed by atoms with Gasteiger partial charge in [-0.05, 0) is 24.1 Å². The van der Waals surface area contributed by atoms with Gasteiger partial charge in [0.2, 0.25) is 0 Å². The van der Waals surface area contributed by atoms with Crippen molar-refractivity contribution in [1.82, 2.24) is 4.90 Å². The minimum atomic E-state index is -0.806. The molecule has 6 heteroatoms. The Balaban J connectivity index is 1.65. The van der Waals surface area contributed by atoms with E-state index in [1.165, 1.54) is 0 Å². The molecule has 0 radical (unpaired) electrons. The Morgan fingerprint density at radius 1 is 1.33 bits per heavy atom. The minimum absolute atomic E-state index is 0.404. The average Bonchev–Trinajstić information content (AvgIpc) is 2.91. The van der Waals surface area contributed by atoms with E-state index in [2.05, 4.69) is 0 Å². The second-order valence-electron chi connectivity index (χ2n) is 5.66. The number of ether oxygens (including phenoxy) is 2. The lowest BCUT2D eigenvalue weighted by atomic mass is 10.0. The lowest BCUT2D eigenvalue weighted by molar-refractivity contribution is 0.122. The van der Waals surface area contributed by atoms with Crippen molar-refractivity contribution in [3.63, 3.8) is 0 Å². The van der Waals surface area contributed by atoms with Gasteiger partial charge in [-0.2, -0.15) is 0 Å². The molecule has 0 bridgehead atoms. The number of hydrogen-bond acceptors (Lipinski definition) is 5. The Morgan fingerprint density at radius 2 is 2.10 bits per heavy atom. The van der Waals surface area contributed by atoms with Crippen molar-refractivity contribution in [2.45, 2.75) is 24.7 Å². The Morgan fingerprint density at radius 3 is 2.81 bits per heavy atom. The van der Waals surface area contributed by atoms with E-state index in [4.69, 9.17) is 15.2 Å². The summed E-state index contributed by atoms with van der Waals surface area (Å²) >= 11 is 0. The molecular formula is C15H21FN2O3. The zero-order valence-electron chi connectivity index (χ0n) is 11.9. The van der Waals surface area contributed by atoms with Gasteiger partial charge in [0.25, 0.3) is 0 Å². The smallest absolute Gasteiger partial charge is 0.161 e. The lowest BCUT2D eigenvalue weighted by Gasteiger charge is -2.25. The fourth-order valence-corrected chi connectivity index (χ4v) is 2.84. The van der Waals surface area contributed by atoms with Crippen LogP contribution < -0.4 is 15.2 Å². The van der Waals surface area contributed by atoms with Gasteiger partial charge in [-0.3, -0.25) is 4.90 Å². The second-order valence-corrected chi connectivity index (χ2v) is 5.66. The summed E-state index contributed by atoms with van der Waals surface area (Å²) in [5.74, 6) is 1.32. The normalized spacial score (nSPS) is 24.8. The maximum atomic E-state index is 13.2. The third-order valence-corrected chi connectivity index (χ3v) is 4.00. The van der Waals surface area contributed by atoms with Gasteiger partial charge in [-0.1, -0.05) is 6.07 Å². The Bertz CT molecular complexity index is 500. The third-order valence-electron chi connectivity index (χ3n) is 4.00. The Kier molecular flexibility index (Phi) is 4.28. The minimum Gasteiger partial charge on any atom is -0.486 e. The molecule has 21 heavy (non-hydrogen) atoms. The molecule has 1 aromatic carbocycles. The Hall–Kier alpha value is -1.37. The number of nitrogens with two attached hydrogens (primary N) is 1. The molecule has 0 unspecified atom stereocenters. The van der Waals surface area contributed by atoms with Crippen molar-refractivity contribution in [2.24, 2.45) is 5.73 Å². The molecule has 0 aromatic heterocycles. The number of rotatable bonds is 4. The van der Waals surface area contributed by atoms with Crippen LogP contribution in [-0.4, -0.2) is 55.1 Å². The maximum absolute atomic E-state index is 13.2.